The predicted molar refractivity (Wildman–Crippen MR) is 103 cm³/mol. The van der Waals surface area contributed by atoms with Gasteiger partial charge in [-0.05, 0) is 50.1 Å². The zero-order chi connectivity index (χ0) is 19.3. The second-order valence-electron chi connectivity index (χ2n) is 6.32. The van der Waals surface area contributed by atoms with Crippen molar-refractivity contribution in [3.8, 4) is 0 Å². The largest absolute Gasteiger partial charge is 0.325 e. The fraction of sp³-hybridized carbons (Fsp3) is 0.316. The summed E-state index contributed by atoms with van der Waals surface area (Å²) in [5.41, 5.74) is 2.84. The van der Waals surface area contributed by atoms with E-state index in [0.29, 0.717) is 5.69 Å². The summed E-state index contributed by atoms with van der Waals surface area (Å²) in [7, 11) is -3.74. The predicted octanol–water partition coefficient (Wildman–Crippen LogP) is 2.71. The number of sulfonamides is 1. The highest BCUT2D eigenvalue weighted by atomic mass is 32.2. The van der Waals surface area contributed by atoms with E-state index in [0.717, 1.165) is 12.0 Å². The molecule has 140 valence electrons. The Morgan fingerprint density at radius 2 is 1.65 bits per heavy atom. The molecular formula is C19H25N3O3S. The summed E-state index contributed by atoms with van der Waals surface area (Å²) in [4.78, 5) is 12.4. The third-order valence-corrected chi connectivity index (χ3v) is 5.11. The van der Waals surface area contributed by atoms with Crippen LogP contribution >= 0.6 is 0 Å². The third kappa shape index (κ3) is 5.39. The lowest BCUT2D eigenvalue weighted by Crippen LogP contribution is -2.40. The number of nitrogens with two attached hydrogens (primary N) is 1. The highest BCUT2D eigenvalue weighted by Gasteiger charge is 2.18. The Bertz CT molecular complexity index is 847. The van der Waals surface area contributed by atoms with Gasteiger partial charge in [-0.15, -0.1) is 0 Å². The van der Waals surface area contributed by atoms with Crippen molar-refractivity contribution >= 4 is 21.6 Å². The van der Waals surface area contributed by atoms with E-state index in [2.05, 4.69) is 41.8 Å². The van der Waals surface area contributed by atoms with E-state index < -0.39 is 16.1 Å². The molecule has 7 heteroatoms. The normalized spacial score (nSPS) is 13.8. The van der Waals surface area contributed by atoms with Gasteiger partial charge in [0.05, 0.1) is 10.9 Å². The van der Waals surface area contributed by atoms with E-state index in [1.165, 1.54) is 29.8 Å². The SMILES string of the molecule is CC[C@H](N[C@@H](C)C(=O)Nc1ccc(S(N)(=O)=O)cc1)c1ccc(C)cc1. The molecule has 2 atom stereocenters. The van der Waals surface area contributed by atoms with Gasteiger partial charge in [-0.3, -0.25) is 10.1 Å². The van der Waals surface area contributed by atoms with Gasteiger partial charge < -0.3 is 5.32 Å². The summed E-state index contributed by atoms with van der Waals surface area (Å²) < 4.78 is 22.5. The lowest BCUT2D eigenvalue weighted by Gasteiger charge is -2.22. The van der Waals surface area contributed by atoms with E-state index in [9.17, 15) is 13.2 Å². The molecule has 26 heavy (non-hydrogen) atoms. The molecule has 0 heterocycles. The minimum Gasteiger partial charge on any atom is -0.325 e. The van der Waals surface area contributed by atoms with Crippen LogP contribution in [-0.2, 0) is 14.8 Å². The van der Waals surface area contributed by atoms with Crippen molar-refractivity contribution in [3.05, 3.63) is 59.7 Å². The number of nitrogens with one attached hydrogen (secondary N) is 2. The fourth-order valence-electron chi connectivity index (χ4n) is 2.60. The van der Waals surface area contributed by atoms with Crippen LogP contribution in [0.25, 0.3) is 0 Å². The highest BCUT2D eigenvalue weighted by Crippen LogP contribution is 2.18. The molecular weight excluding hydrogens is 350 g/mol. The Morgan fingerprint density at radius 1 is 1.08 bits per heavy atom. The average Bonchev–Trinajstić information content (AvgIpc) is 2.60. The van der Waals surface area contributed by atoms with Gasteiger partial charge in [-0.25, -0.2) is 13.6 Å². The molecule has 0 radical (unpaired) electrons. The lowest BCUT2D eigenvalue weighted by atomic mass is 10.0. The molecule has 0 aliphatic heterocycles. The molecule has 0 saturated heterocycles. The maximum absolute atomic E-state index is 12.4. The van der Waals surface area contributed by atoms with Gasteiger partial charge >= 0.3 is 0 Å². The fourth-order valence-corrected chi connectivity index (χ4v) is 3.12. The number of carbonyl (C=O) groups excluding carboxylic acids is 1. The number of primary sulfonamides is 1. The summed E-state index contributed by atoms with van der Waals surface area (Å²) in [6, 6.07) is 13.6. The number of anilines is 1. The first-order chi connectivity index (χ1) is 12.2. The molecule has 0 fully saturated rings. The van der Waals surface area contributed by atoms with Crippen LogP contribution in [0.4, 0.5) is 5.69 Å². The summed E-state index contributed by atoms with van der Waals surface area (Å²) in [5, 5.41) is 11.2. The number of hydrogen-bond donors (Lipinski definition) is 3. The van der Waals surface area contributed by atoms with Crippen LogP contribution in [-0.4, -0.2) is 20.4 Å². The van der Waals surface area contributed by atoms with Gasteiger partial charge in [-0.2, -0.15) is 0 Å². The average molecular weight is 375 g/mol. The number of amides is 1. The van der Waals surface area contributed by atoms with E-state index >= 15 is 0 Å². The molecule has 0 spiro atoms. The van der Waals surface area contributed by atoms with Crippen molar-refractivity contribution in [2.75, 3.05) is 5.32 Å². The second kappa shape index (κ2) is 8.44. The Kier molecular flexibility index (Phi) is 6.52. The first-order valence-electron chi connectivity index (χ1n) is 8.47. The molecule has 4 N–H and O–H groups in total. The van der Waals surface area contributed by atoms with Gasteiger partial charge in [0.1, 0.15) is 0 Å². The van der Waals surface area contributed by atoms with Gasteiger partial charge in [0, 0.05) is 11.7 Å². The first-order valence-corrected chi connectivity index (χ1v) is 10.0. The van der Waals surface area contributed by atoms with Crippen LogP contribution < -0.4 is 15.8 Å². The molecule has 6 nitrogen and oxygen atoms in total. The van der Waals surface area contributed by atoms with Gasteiger partial charge in [0.25, 0.3) is 0 Å². The van der Waals surface area contributed by atoms with Gasteiger partial charge in [0.15, 0.2) is 0 Å². The number of aryl methyl sites for hydroxylation is 1. The number of carbonyl (C=O) groups is 1. The van der Waals surface area contributed by atoms with E-state index in [4.69, 9.17) is 5.14 Å². The molecule has 0 bridgehead atoms. The minimum absolute atomic E-state index is 0.00657. The summed E-state index contributed by atoms with van der Waals surface area (Å²) in [6.45, 7) is 5.90. The quantitative estimate of drug-likeness (QED) is 0.692. The third-order valence-electron chi connectivity index (χ3n) is 4.18. The van der Waals surface area contributed by atoms with Crippen LogP contribution in [0.5, 0.6) is 0 Å². The van der Waals surface area contributed by atoms with Crippen LogP contribution in [0, 0.1) is 6.92 Å². The standard InChI is InChI=1S/C19H25N3O3S/c1-4-18(15-7-5-13(2)6-8-15)21-14(3)19(23)22-16-9-11-17(12-10-16)26(20,24)25/h5-12,14,18,21H,4H2,1-3H3,(H,22,23)(H2,20,24,25)/t14-,18-/m0/s1. The molecule has 2 rings (SSSR count). The highest BCUT2D eigenvalue weighted by molar-refractivity contribution is 7.89. The molecule has 2 aromatic rings. The topological polar surface area (TPSA) is 101 Å². The van der Waals surface area contributed by atoms with Gasteiger partial charge in [0.2, 0.25) is 15.9 Å². The monoisotopic (exact) mass is 375 g/mol. The molecule has 0 unspecified atom stereocenters. The van der Waals surface area contributed by atoms with Crippen LogP contribution in [0.15, 0.2) is 53.4 Å². The number of rotatable bonds is 7. The number of hydrogen-bond acceptors (Lipinski definition) is 4. The first kappa shape index (κ1) is 20.1. The van der Waals surface area contributed by atoms with Crippen molar-refractivity contribution in [3.63, 3.8) is 0 Å². The molecule has 1 amide bonds. The molecule has 0 aromatic heterocycles. The Hall–Kier alpha value is -2.22. The maximum atomic E-state index is 12.4. The van der Waals surface area contributed by atoms with E-state index in [-0.39, 0.29) is 16.8 Å². The Labute approximate surface area is 154 Å². The second-order valence-corrected chi connectivity index (χ2v) is 7.88. The summed E-state index contributed by atoms with van der Waals surface area (Å²) in [6.07, 6.45) is 0.851. The zero-order valence-corrected chi connectivity index (χ0v) is 16.0. The van der Waals surface area contributed by atoms with Crippen molar-refractivity contribution in [1.82, 2.24) is 5.32 Å². The molecule has 2 aromatic carbocycles. The lowest BCUT2D eigenvalue weighted by molar-refractivity contribution is -0.118. The van der Waals surface area contributed by atoms with Crippen molar-refractivity contribution in [2.24, 2.45) is 5.14 Å². The maximum Gasteiger partial charge on any atom is 0.241 e. The van der Waals surface area contributed by atoms with Crippen molar-refractivity contribution < 1.29 is 13.2 Å². The molecule has 0 aliphatic rings. The Morgan fingerprint density at radius 3 is 2.15 bits per heavy atom. The minimum atomic E-state index is -3.74. The van der Waals surface area contributed by atoms with Crippen molar-refractivity contribution in [1.29, 1.82) is 0 Å². The van der Waals surface area contributed by atoms with E-state index in [1.54, 1.807) is 6.92 Å². The Balaban J connectivity index is 2.01. The molecule has 0 saturated carbocycles. The smallest absolute Gasteiger partial charge is 0.241 e. The zero-order valence-electron chi connectivity index (χ0n) is 15.2. The number of benzene rings is 2. The van der Waals surface area contributed by atoms with Crippen LogP contribution in [0.3, 0.4) is 0 Å². The van der Waals surface area contributed by atoms with Crippen molar-refractivity contribution in [2.45, 2.75) is 44.2 Å². The van der Waals surface area contributed by atoms with Crippen LogP contribution in [0.2, 0.25) is 0 Å². The molecule has 0 aliphatic carbocycles. The summed E-state index contributed by atoms with van der Waals surface area (Å²) in [5.74, 6) is -0.195. The summed E-state index contributed by atoms with van der Waals surface area (Å²) >= 11 is 0. The van der Waals surface area contributed by atoms with Gasteiger partial charge in [-0.1, -0.05) is 36.8 Å². The van der Waals surface area contributed by atoms with Crippen LogP contribution in [0.1, 0.15) is 37.4 Å². The van der Waals surface area contributed by atoms with E-state index in [1.807, 2.05) is 6.92 Å².